The summed E-state index contributed by atoms with van der Waals surface area (Å²) >= 11 is 1.64. The number of benzene rings is 3. The zero-order valence-electron chi connectivity index (χ0n) is 11.2. The minimum Gasteiger partial charge on any atom is -0.508 e. The number of hydrogen-bond acceptors (Lipinski definition) is 3. The third-order valence-corrected chi connectivity index (χ3v) is 4.08. The fourth-order valence-electron chi connectivity index (χ4n) is 2.07. The summed E-state index contributed by atoms with van der Waals surface area (Å²) in [6, 6.07) is 22.5. The second-order valence-electron chi connectivity index (χ2n) is 4.67. The van der Waals surface area contributed by atoms with Crippen molar-refractivity contribution in [2.45, 2.75) is 9.79 Å². The van der Waals surface area contributed by atoms with E-state index in [-0.39, 0.29) is 11.5 Å². The Morgan fingerprint density at radius 1 is 0.571 bits per heavy atom. The number of phenols is 2. The first-order chi connectivity index (χ1) is 10.2. The number of phenolic OH excluding ortho intramolecular Hbond substituents is 2. The van der Waals surface area contributed by atoms with Crippen LogP contribution in [0.25, 0.3) is 11.1 Å². The molecular formula is C18H14O2S. The quantitative estimate of drug-likeness (QED) is 0.720. The van der Waals surface area contributed by atoms with Gasteiger partial charge in [-0.3, -0.25) is 0 Å². The van der Waals surface area contributed by atoms with Crippen molar-refractivity contribution in [2.24, 2.45) is 0 Å². The van der Waals surface area contributed by atoms with Gasteiger partial charge in [-0.25, -0.2) is 0 Å². The molecule has 0 unspecified atom stereocenters. The molecule has 0 aliphatic carbocycles. The van der Waals surface area contributed by atoms with E-state index < -0.39 is 0 Å². The Morgan fingerprint density at radius 2 is 1.24 bits per heavy atom. The van der Waals surface area contributed by atoms with Crippen molar-refractivity contribution in [1.29, 1.82) is 0 Å². The van der Waals surface area contributed by atoms with Gasteiger partial charge in [-0.15, -0.1) is 0 Å². The largest absolute Gasteiger partial charge is 0.508 e. The average Bonchev–Trinajstić information content (AvgIpc) is 2.50. The normalized spacial score (nSPS) is 10.5. The predicted octanol–water partition coefficient (Wildman–Crippen LogP) is 4.92. The molecule has 104 valence electrons. The molecule has 0 bridgehead atoms. The fraction of sp³-hybridized carbons (Fsp3) is 0. The van der Waals surface area contributed by atoms with Crippen LogP contribution in [0.2, 0.25) is 0 Å². The molecule has 2 N–H and O–H groups in total. The van der Waals surface area contributed by atoms with E-state index in [1.807, 2.05) is 42.5 Å². The second kappa shape index (κ2) is 5.94. The Kier molecular flexibility index (Phi) is 3.84. The molecule has 0 amide bonds. The third-order valence-electron chi connectivity index (χ3n) is 3.09. The standard InChI is InChI=1S/C18H14O2S/c19-15-7-9-17(10-8-15)21-18-6-2-4-14(12-18)13-3-1-5-16(20)11-13/h1-12,19-20H. The molecule has 0 saturated heterocycles. The molecule has 0 radical (unpaired) electrons. The average molecular weight is 294 g/mol. The number of rotatable bonds is 3. The molecule has 0 fully saturated rings. The van der Waals surface area contributed by atoms with Crippen molar-refractivity contribution in [3.8, 4) is 22.6 Å². The second-order valence-corrected chi connectivity index (χ2v) is 5.82. The first-order valence-corrected chi connectivity index (χ1v) is 7.39. The first-order valence-electron chi connectivity index (χ1n) is 6.57. The summed E-state index contributed by atoms with van der Waals surface area (Å²) in [5.74, 6) is 0.539. The highest BCUT2D eigenvalue weighted by molar-refractivity contribution is 7.99. The topological polar surface area (TPSA) is 40.5 Å². The summed E-state index contributed by atoms with van der Waals surface area (Å²) in [4.78, 5) is 2.18. The van der Waals surface area contributed by atoms with Crippen molar-refractivity contribution in [3.05, 3.63) is 72.8 Å². The third kappa shape index (κ3) is 3.38. The van der Waals surface area contributed by atoms with E-state index >= 15 is 0 Å². The van der Waals surface area contributed by atoms with Gasteiger partial charge in [-0.05, 0) is 59.7 Å². The van der Waals surface area contributed by atoms with E-state index in [0.717, 1.165) is 20.9 Å². The molecular weight excluding hydrogens is 280 g/mol. The molecule has 0 aliphatic heterocycles. The summed E-state index contributed by atoms with van der Waals surface area (Å²) in [5, 5.41) is 18.9. The smallest absolute Gasteiger partial charge is 0.116 e. The summed E-state index contributed by atoms with van der Waals surface area (Å²) in [7, 11) is 0. The zero-order chi connectivity index (χ0) is 14.7. The van der Waals surface area contributed by atoms with Gasteiger partial charge in [0.1, 0.15) is 11.5 Å². The minimum atomic E-state index is 0.268. The lowest BCUT2D eigenvalue weighted by Crippen LogP contribution is -1.79. The highest BCUT2D eigenvalue weighted by Crippen LogP contribution is 2.32. The molecule has 0 heterocycles. The summed E-state index contributed by atoms with van der Waals surface area (Å²) < 4.78 is 0. The van der Waals surface area contributed by atoms with Gasteiger partial charge >= 0.3 is 0 Å². The molecule has 21 heavy (non-hydrogen) atoms. The predicted molar refractivity (Wildman–Crippen MR) is 85.8 cm³/mol. The van der Waals surface area contributed by atoms with Crippen LogP contribution in [0.3, 0.4) is 0 Å². The van der Waals surface area contributed by atoms with Crippen LogP contribution in [0.5, 0.6) is 11.5 Å². The minimum absolute atomic E-state index is 0.268. The van der Waals surface area contributed by atoms with E-state index in [1.54, 1.807) is 36.0 Å². The molecule has 0 aromatic heterocycles. The summed E-state index contributed by atoms with van der Waals surface area (Å²) in [6.45, 7) is 0. The lowest BCUT2D eigenvalue weighted by Gasteiger charge is -2.06. The first kappa shape index (κ1) is 13.6. The lowest BCUT2D eigenvalue weighted by atomic mass is 10.1. The highest BCUT2D eigenvalue weighted by Gasteiger charge is 2.02. The van der Waals surface area contributed by atoms with Crippen LogP contribution in [0.4, 0.5) is 0 Å². The van der Waals surface area contributed by atoms with Crippen molar-refractivity contribution >= 4 is 11.8 Å². The lowest BCUT2D eigenvalue weighted by molar-refractivity contribution is 0.474. The molecule has 3 aromatic carbocycles. The van der Waals surface area contributed by atoms with Gasteiger partial charge in [0.2, 0.25) is 0 Å². The van der Waals surface area contributed by atoms with Gasteiger partial charge in [-0.1, -0.05) is 36.0 Å². The van der Waals surface area contributed by atoms with E-state index in [2.05, 4.69) is 6.07 Å². The van der Waals surface area contributed by atoms with E-state index in [9.17, 15) is 10.2 Å². The molecule has 3 aromatic rings. The van der Waals surface area contributed by atoms with Gasteiger partial charge in [0.05, 0.1) is 0 Å². The molecule has 2 nitrogen and oxygen atoms in total. The Bertz CT molecular complexity index is 751. The molecule has 3 rings (SSSR count). The van der Waals surface area contributed by atoms with E-state index in [1.165, 1.54) is 0 Å². The molecule has 0 aliphatic rings. The van der Waals surface area contributed by atoms with Crippen molar-refractivity contribution in [3.63, 3.8) is 0 Å². The van der Waals surface area contributed by atoms with Crippen LogP contribution in [0, 0.1) is 0 Å². The van der Waals surface area contributed by atoms with Crippen molar-refractivity contribution < 1.29 is 10.2 Å². The SMILES string of the molecule is Oc1ccc(Sc2cccc(-c3cccc(O)c3)c2)cc1. The molecule has 0 atom stereocenters. The number of aromatic hydroxyl groups is 2. The monoisotopic (exact) mass is 294 g/mol. The van der Waals surface area contributed by atoms with Crippen LogP contribution in [-0.4, -0.2) is 10.2 Å². The fourth-order valence-corrected chi connectivity index (χ4v) is 2.95. The van der Waals surface area contributed by atoms with Crippen molar-refractivity contribution in [1.82, 2.24) is 0 Å². The molecule has 3 heteroatoms. The Balaban J connectivity index is 1.88. The highest BCUT2D eigenvalue weighted by atomic mass is 32.2. The van der Waals surface area contributed by atoms with E-state index in [4.69, 9.17) is 0 Å². The summed E-state index contributed by atoms with van der Waals surface area (Å²) in [6.07, 6.45) is 0. The van der Waals surface area contributed by atoms with Gasteiger partial charge in [-0.2, -0.15) is 0 Å². The maximum Gasteiger partial charge on any atom is 0.116 e. The van der Waals surface area contributed by atoms with E-state index in [0.29, 0.717) is 0 Å². The summed E-state index contributed by atoms with van der Waals surface area (Å²) in [5.41, 5.74) is 2.05. The maximum absolute atomic E-state index is 9.58. The van der Waals surface area contributed by atoms with Gasteiger partial charge in [0, 0.05) is 9.79 Å². The Morgan fingerprint density at radius 3 is 1.95 bits per heavy atom. The molecule has 0 saturated carbocycles. The van der Waals surface area contributed by atoms with Crippen LogP contribution in [-0.2, 0) is 0 Å². The maximum atomic E-state index is 9.58. The number of hydrogen-bond donors (Lipinski definition) is 2. The van der Waals surface area contributed by atoms with Crippen LogP contribution < -0.4 is 0 Å². The zero-order valence-corrected chi connectivity index (χ0v) is 12.0. The van der Waals surface area contributed by atoms with Crippen molar-refractivity contribution in [2.75, 3.05) is 0 Å². The van der Waals surface area contributed by atoms with Crippen LogP contribution in [0.1, 0.15) is 0 Å². The van der Waals surface area contributed by atoms with Crippen LogP contribution >= 0.6 is 11.8 Å². The Hall–Kier alpha value is -2.39. The van der Waals surface area contributed by atoms with Gasteiger partial charge in [0.25, 0.3) is 0 Å². The molecule has 0 spiro atoms. The van der Waals surface area contributed by atoms with Gasteiger partial charge in [0.15, 0.2) is 0 Å². The van der Waals surface area contributed by atoms with Gasteiger partial charge < -0.3 is 10.2 Å². The Labute approximate surface area is 127 Å². The van der Waals surface area contributed by atoms with Crippen LogP contribution in [0.15, 0.2) is 82.6 Å².